The smallest absolute Gasteiger partial charge is 0.138 e. The first-order valence-electron chi connectivity index (χ1n) is 8.64. The number of halogens is 1. The van der Waals surface area contributed by atoms with Gasteiger partial charge in [-0.2, -0.15) is 0 Å². The van der Waals surface area contributed by atoms with E-state index in [0.29, 0.717) is 17.2 Å². The molecule has 0 aliphatic carbocycles. The molecule has 0 spiro atoms. The Bertz CT molecular complexity index is 527. The minimum atomic E-state index is 0.357. The largest absolute Gasteiger partial charge is 0.381 e. The molecule has 3 rings (SSSR count). The molecule has 0 amide bonds. The highest BCUT2D eigenvalue weighted by Gasteiger charge is 2.25. The predicted octanol–water partition coefficient (Wildman–Crippen LogP) is 3.02. The molecule has 2 fully saturated rings. The third-order valence-electron chi connectivity index (χ3n) is 4.73. The van der Waals surface area contributed by atoms with Crippen molar-refractivity contribution in [2.45, 2.75) is 45.6 Å². The van der Waals surface area contributed by atoms with Gasteiger partial charge in [-0.25, -0.2) is 9.97 Å². The molecule has 0 aromatic carbocycles. The molecule has 0 radical (unpaired) electrons. The van der Waals surface area contributed by atoms with Gasteiger partial charge < -0.3 is 14.4 Å². The maximum atomic E-state index is 6.29. The van der Waals surface area contributed by atoms with E-state index in [9.17, 15) is 0 Å². The normalized spacial score (nSPS) is 22.7. The summed E-state index contributed by atoms with van der Waals surface area (Å²) in [4.78, 5) is 11.2. The number of aromatic nitrogens is 2. The highest BCUT2D eigenvalue weighted by atomic mass is 35.5. The number of hydrogen-bond donors (Lipinski definition) is 0. The van der Waals surface area contributed by atoms with Crippen LogP contribution in [0.1, 0.15) is 37.6 Å². The Balaban J connectivity index is 1.56. The zero-order valence-corrected chi connectivity index (χ0v) is 14.8. The number of ether oxygens (including phenoxy) is 2. The lowest BCUT2D eigenvalue weighted by Crippen LogP contribution is -2.38. The summed E-state index contributed by atoms with van der Waals surface area (Å²) >= 11 is 6.29. The monoisotopic (exact) mass is 339 g/mol. The third-order valence-corrected chi connectivity index (χ3v) is 5.05. The Hall–Kier alpha value is -0.910. The van der Waals surface area contributed by atoms with Crippen molar-refractivity contribution < 1.29 is 9.47 Å². The molecule has 0 bridgehead atoms. The van der Waals surface area contributed by atoms with Gasteiger partial charge in [0.25, 0.3) is 0 Å². The Morgan fingerprint density at radius 2 is 2.04 bits per heavy atom. The molecule has 2 aliphatic rings. The fraction of sp³-hybridized carbons (Fsp3) is 0.765. The molecular weight excluding hydrogens is 314 g/mol. The second kappa shape index (κ2) is 7.77. The van der Waals surface area contributed by atoms with Crippen molar-refractivity contribution in [3.8, 4) is 0 Å². The second-order valence-electron chi connectivity index (χ2n) is 6.47. The lowest BCUT2D eigenvalue weighted by atomic mass is 10.1. The Morgan fingerprint density at radius 3 is 2.70 bits per heavy atom. The van der Waals surface area contributed by atoms with Crippen LogP contribution in [0.4, 0.5) is 5.82 Å². The van der Waals surface area contributed by atoms with Gasteiger partial charge in [0.1, 0.15) is 16.8 Å². The van der Waals surface area contributed by atoms with Crippen LogP contribution in [-0.2, 0) is 15.9 Å². The first kappa shape index (κ1) is 16.9. The van der Waals surface area contributed by atoms with Crippen LogP contribution < -0.4 is 4.90 Å². The van der Waals surface area contributed by atoms with Crippen LogP contribution in [0.3, 0.4) is 0 Å². The quantitative estimate of drug-likeness (QED) is 0.772. The summed E-state index contributed by atoms with van der Waals surface area (Å²) in [7, 11) is 0. The highest BCUT2D eigenvalue weighted by molar-refractivity contribution is 6.30. The van der Waals surface area contributed by atoms with E-state index >= 15 is 0 Å². The number of rotatable bonds is 5. The molecule has 0 saturated carbocycles. The van der Waals surface area contributed by atoms with Gasteiger partial charge in [0.15, 0.2) is 0 Å². The van der Waals surface area contributed by atoms with Gasteiger partial charge in [-0.05, 0) is 32.6 Å². The maximum absolute atomic E-state index is 6.29. The molecule has 0 N–H and O–H groups in total. The molecule has 3 heterocycles. The van der Waals surface area contributed by atoms with Gasteiger partial charge in [-0.15, -0.1) is 0 Å². The lowest BCUT2D eigenvalue weighted by Gasteiger charge is -2.34. The Labute approximate surface area is 143 Å². The zero-order chi connectivity index (χ0) is 16.2. The van der Waals surface area contributed by atoms with Gasteiger partial charge in [-0.3, -0.25) is 0 Å². The summed E-state index contributed by atoms with van der Waals surface area (Å²) in [6, 6.07) is 0. The van der Waals surface area contributed by atoms with Crippen molar-refractivity contribution in [3.05, 3.63) is 16.5 Å². The first-order valence-corrected chi connectivity index (χ1v) is 9.02. The van der Waals surface area contributed by atoms with E-state index in [0.717, 1.165) is 75.8 Å². The highest BCUT2D eigenvalue weighted by Crippen LogP contribution is 2.28. The summed E-state index contributed by atoms with van der Waals surface area (Å²) in [6.45, 7) is 8.51. The molecule has 1 atom stereocenters. The third kappa shape index (κ3) is 4.14. The zero-order valence-electron chi connectivity index (χ0n) is 14.1. The number of nitrogens with zero attached hydrogens (tertiary/aromatic N) is 3. The lowest BCUT2D eigenvalue weighted by molar-refractivity contribution is 0.0131. The molecule has 1 unspecified atom stereocenters. The Morgan fingerprint density at radius 1 is 1.26 bits per heavy atom. The van der Waals surface area contributed by atoms with Crippen molar-refractivity contribution in [1.82, 2.24) is 9.97 Å². The average molecular weight is 340 g/mol. The van der Waals surface area contributed by atoms with E-state index < -0.39 is 0 Å². The molecule has 23 heavy (non-hydrogen) atoms. The molecule has 5 nitrogen and oxygen atoms in total. The van der Waals surface area contributed by atoms with Crippen LogP contribution in [0.5, 0.6) is 0 Å². The SMILES string of the molecule is CCc1c(Cl)nc(C)nc1N1CCC(OCC2CCOC2)CC1. The van der Waals surface area contributed by atoms with Crippen molar-refractivity contribution in [2.24, 2.45) is 5.92 Å². The number of aryl methyl sites for hydroxylation is 1. The molecule has 2 aliphatic heterocycles. The van der Waals surface area contributed by atoms with E-state index in [-0.39, 0.29) is 0 Å². The van der Waals surface area contributed by atoms with E-state index in [1.54, 1.807) is 0 Å². The summed E-state index contributed by atoms with van der Waals surface area (Å²) in [5.41, 5.74) is 1.06. The average Bonchev–Trinajstić information content (AvgIpc) is 3.06. The standard InChI is InChI=1S/C17H26ClN3O2/c1-3-15-16(18)19-12(2)20-17(15)21-7-4-14(5-8-21)23-11-13-6-9-22-10-13/h13-14H,3-11H2,1-2H3. The van der Waals surface area contributed by atoms with Crippen LogP contribution in [-0.4, -0.2) is 49.0 Å². The molecule has 128 valence electrons. The van der Waals surface area contributed by atoms with Gasteiger partial charge in [0.2, 0.25) is 0 Å². The van der Waals surface area contributed by atoms with Crippen LogP contribution in [0.25, 0.3) is 0 Å². The number of anilines is 1. The van der Waals surface area contributed by atoms with E-state index in [2.05, 4.69) is 21.8 Å². The number of hydrogen-bond acceptors (Lipinski definition) is 5. The number of piperidine rings is 1. The molecular formula is C17H26ClN3O2. The van der Waals surface area contributed by atoms with E-state index in [4.69, 9.17) is 21.1 Å². The van der Waals surface area contributed by atoms with Crippen molar-refractivity contribution in [2.75, 3.05) is 37.8 Å². The van der Waals surface area contributed by atoms with Crippen molar-refractivity contribution >= 4 is 17.4 Å². The van der Waals surface area contributed by atoms with Crippen LogP contribution in [0.2, 0.25) is 5.15 Å². The molecule has 2 saturated heterocycles. The fourth-order valence-electron chi connectivity index (χ4n) is 3.33. The van der Waals surface area contributed by atoms with Crippen LogP contribution >= 0.6 is 11.6 Å². The van der Waals surface area contributed by atoms with Gasteiger partial charge >= 0.3 is 0 Å². The van der Waals surface area contributed by atoms with Crippen molar-refractivity contribution in [3.63, 3.8) is 0 Å². The minimum Gasteiger partial charge on any atom is -0.381 e. The maximum Gasteiger partial charge on any atom is 0.138 e. The van der Waals surface area contributed by atoms with E-state index in [1.165, 1.54) is 0 Å². The van der Waals surface area contributed by atoms with Gasteiger partial charge in [-0.1, -0.05) is 18.5 Å². The first-order chi connectivity index (χ1) is 11.2. The van der Waals surface area contributed by atoms with E-state index in [1.807, 2.05) is 6.92 Å². The van der Waals surface area contributed by atoms with Crippen molar-refractivity contribution in [1.29, 1.82) is 0 Å². The van der Waals surface area contributed by atoms with Crippen LogP contribution in [0.15, 0.2) is 0 Å². The topological polar surface area (TPSA) is 47.5 Å². The molecule has 1 aromatic rings. The molecule has 1 aromatic heterocycles. The van der Waals surface area contributed by atoms with Gasteiger partial charge in [0.05, 0.1) is 19.3 Å². The summed E-state index contributed by atoms with van der Waals surface area (Å²) in [5, 5.41) is 0.592. The Kier molecular flexibility index (Phi) is 5.72. The van der Waals surface area contributed by atoms with Gasteiger partial charge in [0, 0.05) is 31.2 Å². The second-order valence-corrected chi connectivity index (χ2v) is 6.82. The summed E-state index contributed by atoms with van der Waals surface area (Å²) in [5.74, 6) is 2.33. The minimum absolute atomic E-state index is 0.357. The molecule has 6 heteroatoms. The summed E-state index contributed by atoms with van der Waals surface area (Å²) < 4.78 is 11.5. The fourth-order valence-corrected chi connectivity index (χ4v) is 3.67. The summed E-state index contributed by atoms with van der Waals surface area (Å²) in [6.07, 6.45) is 4.43. The predicted molar refractivity (Wildman–Crippen MR) is 91.3 cm³/mol. The van der Waals surface area contributed by atoms with Crippen LogP contribution in [0, 0.1) is 12.8 Å².